The number of carbonyl (C=O) groups is 2. The van der Waals surface area contributed by atoms with Gasteiger partial charge in [-0.3, -0.25) is 4.79 Å². The second-order valence-corrected chi connectivity index (χ2v) is 8.76. The molecule has 3 amide bonds. The molecule has 0 aliphatic carbocycles. The van der Waals surface area contributed by atoms with Crippen molar-refractivity contribution < 1.29 is 9.59 Å². The number of benzene rings is 1. The van der Waals surface area contributed by atoms with Crippen LogP contribution in [0, 0.1) is 0 Å². The highest BCUT2D eigenvalue weighted by Crippen LogP contribution is 2.37. The monoisotopic (exact) mass is 413 g/mol. The fourth-order valence-electron chi connectivity index (χ4n) is 3.78. The van der Waals surface area contributed by atoms with Crippen LogP contribution in [0.2, 0.25) is 0 Å². The van der Waals surface area contributed by atoms with Gasteiger partial charge >= 0.3 is 6.03 Å². The van der Waals surface area contributed by atoms with Gasteiger partial charge in [0.2, 0.25) is 5.91 Å². The van der Waals surface area contributed by atoms with Crippen molar-refractivity contribution in [1.82, 2.24) is 15.1 Å². The first-order valence-electron chi connectivity index (χ1n) is 10.5. The number of unbranched alkanes of at least 4 members (excludes halogenated alkanes) is 1. The number of hydrogen-bond acceptors (Lipinski definition) is 3. The molecule has 0 bridgehead atoms. The van der Waals surface area contributed by atoms with E-state index in [-0.39, 0.29) is 30.6 Å². The Kier molecular flexibility index (Phi) is 7.31. The third-order valence-corrected chi connectivity index (χ3v) is 6.39. The van der Waals surface area contributed by atoms with E-state index in [1.54, 1.807) is 16.2 Å². The maximum Gasteiger partial charge on any atom is 0.318 e. The zero-order chi connectivity index (χ0) is 20.8. The molecular formula is C23H31N3O2S. The predicted octanol–water partition coefficient (Wildman–Crippen LogP) is 4.44. The first-order valence-corrected chi connectivity index (χ1v) is 11.4. The van der Waals surface area contributed by atoms with Gasteiger partial charge in [0, 0.05) is 24.0 Å². The molecule has 29 heavy (non-hydrogen) atoms. The minimum atomic E-state index is -0.161. The van der Waals surface area contributed by atoms with Crippen LogP contribution < -0.4 is 5.32 Å². The van der Waals surface area contributed by atoms with Crippen LogP contribution in [0.25, 0.3) is 0 Å². The Balaban J connectivity index is 1.80. The van der Waals surface area contributed by atoms with Gasteiger partial charge in [-0.25, -0.2) is 4.79 Å². The van der Waals surface area contributed by atoms with E-state index < -0.39 is 0 Å². The van der Waals surface area contributed by atoms with Gasteiger partial charge in [0.05, 0.1) is 6.04 Å². The molecule has 2 heterocycles. The highest BCUT2D eigenvalue weighted by Gasteiger charge is 2.34. The van der Waals surface area contributed by atoms with Crippen molar-refractivity contribution in [2.45, 2.75) is 52.1 Å². The summed E-state index contributed by atoms with van der Waals surface area (Å²) in [6.07, 6.45) is 2.83. The van der Waals surface area contributed by atoms with E-state index in [0.717, 1.165) is 24.8 Å². The molecule has 2 aromatic rings. The third-order valence-electron chi connectivity index (χ3n) is 5.40. The Morgan fingerprint density at radius 2 is 2.00 bits per heavy atom. The fourth-order valence-corrected chi connectivity index (χ4v) is 4.68. The molecule has 5 nitrogen and oxygen atoms in total. The lowest BCUT2D eigenvalue weighted by Crippen LogP contribution is -2.51. The van der Waals surface area contributed by atoms with Crippen LogP contribution in [0.1, 0.15) is 55.7 Å². The summed E-state index contributed by atoms with van der Waals surface area (Å²) < 4.78 is 0. The summed E-state index contributed by atoms with van der Waals surface area (Å²) in [5.74, 6) is -0.00459. The molecule has 0 saturated carbocycles. The number of hydrogen-bond donors (Lipinski definition) is 1. The van der Waals surface area contributed by atoms with Crippen molar-refractivity contribution in [1.29, 1.82) is 0 Å². The molecule has 0 spiro atoms. The number of nitrogens with one attached hydrogen (secondary N) is 1. The molecule has 3 rings (SSSR count). The Morgan fingerprint density at radius 3 is 2.69 bits per heavy atom. The summed E-state index contributed by atoms with van der Waals surface area (Å²) in [7, 11) is 0. The number of amides is 3. The largest absolute Gasteiger partial charge is 0.338 e. The molecule has 1 aromatic carbocycles. The summed E-state index contributed by atoms with van der Waals surface area (Å²) in [6.45, 7) is 7.41. The van der Waals surface area contributed by atoms with Crippen molar-refractivity contribution in [3.8, 4) is 0 Å². The van der Waals surface area contributed by atoms with E-state index in [4.69, 9.17) is 0 Å². The average Bonchev–Trinajstić information content (AvgIpc) is 3.20. The maximum atomic E-state index is 13.4. The van der Waals surface area contributed by atoms with Crippen molar-refractivity contribution in [2.75, 3.05) is 19.6 Å². The van der Waals surface area contributed by atoms with Gasteiger partial charge in [-0.15, -0.1) is 11.3 Å². The van der Waals surface area contributed by atoms with Gasteiger partial charge in [-0.05, 0) is 49.3 Å². The molecule has 0 radical (unpaired) electrons. The molecule has 0 unspecified atom stereocenters. The molecule has 1 aliphatic rings. The number of carbonyl (C=O) groups excluding carboxylic acids is 2. The highest BCUT2D eigenvalue weighted by molar-refractivity contribution is 7.10. The van der Waals surface area contributed by atoms with Crippen molar-refractivity contribution in [3.05, 3.63) is 57.8 Å². The first-order chi connectivity index (χ1) is 14.0. The van der Waals surface area contributed by atoms with Crippen molar-refractivity contribution >= 4 is 23.3 Å². The summed E-state index contributed by atoms with van der Waals surface area (Å²) in [6, 6.07) is 12.0. The molecule has 1 atom stereocenters. The van der Waals surface area contributed by atoms with Crippen LogP contribution in [0.4, 0.5) is 4.79 Å². The van der Waals surface area contributed by atoms with Gasteiger partial charge in [-0.1, -0.05) is 43.7 Å². The average molecular weight is 414 g/mol. The summed E-state index contributed by atoms with van der Waals surface area (Å²) in [4.78, 5) is 30.9. The molecule has 0 saturated heterocycles. The number of thiophene rings is 1. The smallest absolute Gasteiger partial charge is 0.318 e. The SMILES string of the molecule is CCCCNC(=O)N(CC(=O)N1CCc2sccc2[C@H]1c1ccccc1)C(C)C. The van der Waals surface area contributed by atoms with Crippen LogP contribution in [0.15, 0.2) is 41.8 Å². The quantitative estimate of drug-likeness (QED) is 0.682. The van der Waals surface area contributed by atoms with E-state index in [1.807, 2.05) is 36.9 Å². The second-order valence-electron chi connectivity index (χ2n) is 7.76. The first kappa shape index (κ1) is 21.4. The number of nitrogens with zero attached hydrogens (tertiary/aromatic N) is 2. The predicted molar refractivity (Wildman–Crippen MR) is 118 cm³/mol. The van der Waals surface area contributed by atoms with Crippen LogP contribution >= 0.6 is 11.3 Å². The topological polar surface area (TPSA) is 52.7 Å². The van der Waals surface area contributed by atoms with E-state index in [2.05, 4.69) is 35.8 Å². The van der Waals surface area contributed by atoms with E-state index in [0.29, 0.717) is 13.1 Å². The van der Waals surface area contributed by atoms with Gasteiger partial charge < -0.3 is 15.1 Å². The minimum Gasteiger partial charge on any atom is -0.338 e. The summed E-state index contributed by atoms with van der Waals surface area (Å²) in [5, 5.41) is 5.05. The molecule has 1 aromatic heterocycles. The van der Waals surface area contributed by atoms with Gasteiger partial charge in [0.15, 0.2) is 0 Å². The third kappa shape index (κ3) is 4.99. The molecule has 6 heteroatoms. The van der Waals surface area contributed by atoms with Crippen LogP contribution in [0.5, 0.6) is 0 Å². The standard InChI is InChI=1S/C23H31N3O2S/c1-4-5-13-24-23(28)26(17(2)3)16-21(27)25-14-11-20-19(12-15-29-20)22(25)18-9-7-6-8-10-18/h6-10,12,15,17,22H,4-5,11,13-14,16H2,1-3H3,(H,24,28)/t22-/m1/s1. The van der Waals surface area contributed by atoms with Crippen molar-refractivity contribution in [3.63, 3.8) is 0 Å². The Labute approximate surface area is 177 Å². The number of urea groups is 1. The van der Waals surface area contributed by atoms with E-state index >= 15 is 0 Å². The van der Waals surface area contributed by atoms with Crippen LogP contribution in [0.3, 0.4) is 0 Å². The van der Waals surface area contributed by atoms with E-state index in [9.17, 15) is 9.59 Å². The van der Waals surface area contributed by atoms with Crippen molar-refractivity contribution in [2.24, 2.45) is 0 Å². The maximum absolute atomic E-state index is 13.4. The second kappa shape index (κ2) is 9.92. The lowest BCUT2D eigenvalue weighted by Gasteiger charge is -2.38. The number of rotatable bonds is 7. The zero-order valence-corrected chi connectivity index (χ0v) is 18.4. The lowest BCUT2D eigenvalue weighted by atomic mass is 9.93. The van der Waals surface area contributed by atoms with Gasteiger partial charge in [-0.2, -0.15) is 0 Å². The lowest BCUT2D eigenvalue weighted by molar-refractivity contribution is -0.134. The summed E-state index contributed by atoms with van der Waals surface area (Å²) >= 11 is 1.76. The molecular weight excluding hydrogens is 382 g/mol. The highest BCUT2D eigenvalue weighted by atomic mass is 32.1. The summed E-state index contributed by atoms with van der Waals surface area (Å²) in [5.41, 5.74) is 2.33. The number of fused-ring (bicyclic) bond motifs is 1. The fraction of sp³-hybridized carbons (Fsp3) is 0.478. The molecule has 156 valence electrons. The van der Waals surface area contributed by atoms with Crippen LogP contribution in [-0.4, -0.2) is 47.4 Å². The molecule has 1 N–H and O–H groups in total. The van der Waals surface area contributed by atoms with Crippen LogP contribution in [-0.2, 0) is 11.2 Å². The van der Waals surface area contributed by atoms with Gasteiger partial charge in [0.1, 0.15) is 6.54 Å². The normalized spacial score (nSPS) is 15.9. The van der Waals surface area contributed by atoms with Gasteiger partial charge in [0.25, 0.3) is 0 Å². The molecule has 0 fully saturated rings. The van der Waals surface area contributed by atoms with E-state index in [1.165, 1.54) is 10.4 Å². The Morgan fingerprint density at radius 1 is 1.24 bits per heavy atom. The Bertz CT molecular complexity index is 819. The minimum absolute atomic E-state index is 0.00459. The zero-order valence-electron chi connectivity index (χ0n) is 17.6. The Hall–Kier alpha value is -2.34. The molecule has 1 aliphatic heterocycles.